The summed E-state index contributed by atoms with van der Waals surface area (Å²) < 4.78 is 6.49. The molecule has 0 aliphatic carbocycles. The van der Waals surface area contributed by atoms with Gasteiger partial charge in [-0.2, -0.15) is 0 Å². The number of nitrogens with zero attached hydrogens (tertiary/aromatic N) is 1. The number of hydrogen-bond acceptors (Lipinski definition) is 4. The molecular formula is C8H7BrN2OS. The summed E-state index contributed by atoms with van der Waals surface area (Å²) >= 11 is 5.01. The van der Waals surface area contributed by atoms with Crippen molar-refractivity contribution in [2.24, 2.45) is 0 Å². The van der Waals surface area contributed by atoms with Crippen LogP contribution in [0.5, 0.6) is 0 Å². The molecule has 0 aliphatic heterocycles. The van der Waals surface area contributed by atoms with Crippen LogP contribution in [0.2, 0.25) is 0 Å². The Kier molecular flexibility index (Phi) is 2.37. The van der Waals surface area contributed by atoms with Gasteiger partial charge in [-0.15, -0.1) is 11.3 Å². The van der Waals surface area contributed by atoms with Crippen molar-refractivity contribution in [1.29, 1.82) is 0 Å². The van der Waals surface area contributed by atoms with Gasteiger partial charge in [-0.25, -0.2) is 4.98 Å². The van der Waals surface area contributed by atoms with Crippen LogP contribution in [0.1, 0.15) is 0 Å². The van der Waals surface area contributed by atoms with Gasteiger partial charge in [0.25, 0.3) is 6.01 Å². The second-order valence-electron chi connectivity index (χ2n) is 2.38. The third kappa shape index (κ3) is 1.76. The smallest absolute Gasteiger partial charge is 0.294 e. The van der Waals surface area contributed by atoms with E-state index in [-0.39, 0.29) is 0 Å². The third-order valence-electron chi connectivity index (χ3n) is 1.54. The first-order valence-corrected chi connectivity index (χ1v) is 5.30. The van der Waals surface area contributed by atoms with Crippen LogP contribution in [-0.2, 0) is 0 Å². The Bertz CT molecular complexity index is 410. The predicted molar refractivity (Wildman–Crippen MR) is 57.1 cm³/mol. The second kappa shape index (κ2) is 3.51. The van der Waals surface area contributed by atoms with Gasteiger partial charge >= 0.3 is 0 Å². The molecule has 2 aromatic heterocycles. The number of thiophene rings is 1. The van der Waals surface area contributed by atoms with E-state index in [2.05, 4.69) is 26.2 Å². The molecule has 0 aromatic carbocycles. The largest absolute Gasteiger partial charge is 0.423 e. The monoisotopic (exact) mass is 258 g/mol. The molecule has 0 spiro atoms. The zero-order valence-corrected chi connectivity index (χ0v) is 9.28. The van der Waals surface area contributed by atoms with E-state index in [4.69, 9.17) is 4.42 Å². The lowest BCUT2D eigenvalue weighted by Crippen LogP contribution is -1.84. The highest BCUT2D eigenvalue weighted by atomic mass is 79.9. The predicted octanol–water partition coefficient (Wildman–Crippen LogP) is 3.21. The molecule has 0 amide bonds. The van der Waals surface area contributed by atoms with Crippen LogP contribution in [0.25, 0.3) is 10.6 Å². The Labute approximate surface area is 87.9 Å². The summed E-state index contributed by atoms with van der Waals surface area (Å²) in [5.41, 5.74) is 0. The van der Waals surface area contributed by atoms with Crippen molar-refractivity contribution >= 4 is 33.3 Å². The molecule has 13 heavy (non-hydrogen) atoms. The molecule has 0 unspecified atom stereocenters. The van der Waals surface area contributed by atoms with Crippen molar-refractivity contribution in [3.8, 4) is 10.6 Å². The topological polar surface area (TPSA) is 38.1 Å². The van der Waals surface area contributed by atoms with Crippen LogP contribution < -0.4 is 5.32 Å². The average Bonchev–Trinajstić information content (AvgIpc) is 2.71. The van der Waals surface area contributed by atoms with Crippen LogP contribution in [0.3, 0.4) is 0 Å². The Morgan fingerprint density at radius 3 is 2.92 bits per heavy atom. The van der Waals surface area contributed by atoms with E-state index >= 15 is 0 Å². The maximum absolute atomic E-state index is 5.40. The molecule has 2 rings (SSSR count). The maximum Gasteiger partial charge on any atom is 0.294 e. The normalized spacial score (nSPS) is 10.3. The van der Waals surface area contributed by atoms with Crippen molar-refractivity contribution in [1.82, 2.24) is 4.98 Å². The summed E-state index contributed by atoms with van der Waals surface area (Å²) in [7, 11) is 1.78. The van der Waals surface area contributed by atoms with Crippen molar-refractivity contribution in [2.45, 2.75) is 0 Å². The lowest BCUT2D eigenvalue weighted by atomic mass is 10.4. The van der Waals surface area contributed by atoms with Gasteiger partial charge in [0.15, 0.2) is 5.76 Å². The summed E-state index contributed by atoms with van der Waals surface area (Å²) in [5.74, 6) is 0.792. The molecule has 1 N–H and O–H groups in total. The molecule has 0 saturated carbocycles. The fourth-order valence-corrected chi connectivity index (χ4v) is 2.28. The van der Waals surface area contributed by atoms with Gasteiger partial charge in [-0.3, -0.25) is 0 Å². The number of hydrogen-bond donors (Lipinski definition) is 1. The maximum atomic E-state index is 5.40. The van der Waals surface area contributed by atoms with E-state index in [9.17, 15) is 0 Å². The van der Waals surface area contributed by atoms with Crippen molar-refractivity contribution in [3.05, 3.63) is 22.1 Å². The van der Waals surface area contributed by atoms with Gasteiger partial charge in [-0.05, 0) is 28.1 Å². The Morgan fingerprint density at radius 2 is 2.38 bits per heavy atom. The van der Waals surface area contributed by atoms with Crippen LogP contribution in [-0.4, -0.2) is 12.0 Å². The zero-order chi connectivity index (χ0) is 9.26. The van der Waals surface area contributed by atoms with Crippen LogP contribution in [0.4, 0.5) is 6.01 Å². The fourth-order valence-electron chi connectivity index (χ4n) is 0.950. The van der Waals surface area contributed by atoms with Gasteiger partial charge in [0, 0.05) is 7.05 Å². The van der Waals surface area contributed by atoms with Gasteiger partial charge in [0.1, 0.15) is 0 Å². The van der Waals surface area contributed by atoms with E-state index in [1.807, 2.05) is 12.1 Å². The first-order valence-electron chi connectivity index (χ1n) is 3.69. The Balaban J connectivity index is 2.35. The molecule has 0 aliphatic rings. The SMILES string of the molecule is CNc1ncc(-c2ccc(Br)s2)o1. The average molecular weight is 259 g/mol. The highest BCUT2D eigenvalue weighted by molar-refractivity contribution is 9.11. The lowest BCUT2D eigenvalue weighted by Gasteiger charge is -1.89. The standard InChI is InChI=1S/C8H7BrN2OS/c1-10-8-11-4-5(12-8)6-2-3-7(9)13-6/h2-4H,1H3,(H,10,11). The molecule has 0 radical (unpaired) electrons. The van der Waals surface area contributed by atoms with Crippen LogP contribution >= 0.6 is 27.3 Å². The Morgan fingerprint density at radius 1 is 1.54 bits per heavy atom. The van der Waals surface area contributed by atoms with E-state index in [1.54, 1.807) is 24.6 Å². The van der Waals surface area contributed by atoms with Gasteiger partial charge in [0.05, 0.1) is 14.9 Å². The van der Waals surface area contributed by atoms with Crippen LogP contribution in [0.15, 0.2) is 26.5 Å². The summed E-state index contributed by atoms with van der Waals surface area (Å²) in [5, 5.41) is 2.84. The molecule has 2 aromatic rings. The molecule has 0 saturated heterocycles. The number of nitrogens with one attached hydrogen (secondary N) is 1. The number of halogens is 1. The summed E-state index contributed by atoms with van der Waals surface area (Å²) in [4.78, 5) is 5.10. The quantitative estimate of drug-likeness (QED) is 0.899. The molecule has 0 bridgehead atoms. The first kappa shape index (κ1) is 8.77. The number of aromatic nitrogens is 1. The van der Waals surface area contributed by atoms with E-state index < -0.39 is 0 Å². The van der Waals surface area contributed by atoms with Gasteiger partial charge in [-0.1, -0.05) is 0 Å². The van der Waals surface area contributed by atoms with Crippen LogP contribution in [0, 0.1) is 0 Å². The minimum Gasteiger partial charge on any atom is -0.423 e. The molecule has 68 valence electrons. The van der Waals surface area contributed by atoms with E-state index in [1.165, 1.54) is 0 Å². The van der Waals surface area contributed by atoms with Gasteiger partial charge < -0.3 is 9.73 Å². The molecule has 0 atom stereocenters. The van der Waals surface area contributed by atoms with Crippen molar-refractivity contribution < 1.29 is 4.42 Å². The summed E-state index contributed by atoms with van der Waals surface area (Å²) in [6, 6.07) is 4.52. The molecule has 0 fully saturated rings. The second-order valence-corrected chi connectivity index (χ2v) is 4.85. The number of rotatable bonds is 2. The highest BCUT2D eigenvalue weighted by Crippen LogP contribution is 2.32. The van der Waals surface area contributed by atoms with Crippen molar-refractivity contribution in [3.63, 3.8) is 0 Å². The minimum atomic E-state index is 0.541. The third-order valence-corrected chi connectivity index (χ3v) is 3.17. The zero-order valence-electron chi connectivity index (χ0n) is 6.87. The van der Waals surface area contributed by atoms with Gasteiger partial charge in [0.2, 0.25) is 0 Å². The molecule has 3 nitrogen and oxygen atoms in total. The summed E-state index contributed by atoms with van der Waals surface area (Å²) in [6.45, 7) is 0. The highest BCUT2D eigenvalue weighted by Gasteiger charge is 2.06. The number of anilines is 1. The molecular weight excluding hydrogens is 252 g/mol. The minimum absolute atomic E-state index is 0.541. The summed E-state index contributed by atoms with van der Waals surface area (Å²) in [6.07, 6.45) is 1.71. The molecule has 5 heteroatoms. The first-order chi connectivity index (χ1) is 6.29. The van der Waals surface area contributed by atoms with E-state index in [0.717, 1.165) is 14.4 Å². The Hall–Kier alpha value is -0.810. The van der Waals surface area contributed by atoms with Crippen molar-refractivity contribution in [2.75, 3.05) is 12.4 Å². The molecule has 2 heterocycles. The fraction of sp³-hybridized carbons (Fsp3) is 0.125. The number of oxazole rings is 1. The van der Waals surface area contributed by atoms with E-state index in [0.29, 0.717) is 6.01 Å². The lowest BCUT2D eigenvalue weighted by molar-refractivity contribution is 0.591.